The number of pyridine rings is 1. The van der Waals surface area contributed by atoms with Gasteiger partial charge in [-0.15, -0.1) is 10.2 Å². The fourth-order valence-corrected chi connectivity index (χ4v) is 5.50. The Balaban J connectivity index is 1.31. The van der Waals surface area contributed by atoms with Gasteiger partial charge in [-0.1, -0.05) is 73.1 Å². The van der Waals surface area contributed by atoms with Gasteiger partial charge in [-0.05, 0) is 42.7 Å². The van der Waals surface area contributed by atoms with E-state index in [1.54, 1.807) is 12.4 Å². The summed E-state index contributed by atoms with van der Waals surface area (Å²) in [7, 11) is 0. The van der Waals surface area contributed by atoms with Crippen LogP contribution in [0.3, 0.4) is 0 Å². The predicted molar refractivity (Wildman–Crippen MR) is 135 cm³/mol. The summed E-state index contributed by atoms with van der Waals surface area (Å²) in [6, 6.07) is 24.4. The first-order chi connectivity index (χ1) is 16.8. The summed E-state index contributed by atoms with van der Waals surface area (Å²) in [4.78, 5) is 17.1. The third-order valence-corrected chi connectivity index (χ3v) is 7.40. The number of amides is 1. The molecule has 172 valence electrons. The van der Waals surface area contributed by atoms with Crippen LogP contribution in [-0.4, -0.2) is 38.0 Å². The first-order valence-corrected chi connectivity index (χ1v) is 12.6. The van der Waals surface area contributed by atoms with E-state index >= 15 is 0 Å². The van der Waals surface area contributed by atoms with Gasteiger partial charge in [0.1, 0.15) is 0 Å². The van der Waals surface area contributed by atoms with Gasteiger partial charge in [0.2, 0.25) is 5.91 Å². The Morgan fingerprint density at radius 3 is 2.38 bits per heavy atom. The molecule has 0 spiro atoms. The van der Waals surface area contributed by atoms with Crippen molar-refractivity contribution < 1.29 is 4.79 Å². The lowest BCUT2D eigenvalue weighted by atomic mass is 9.79. The normalized spacial score (nSPS) is 14.7. The molecule has 0 unspecified atom stereocenters. The van der Waals surface area contributed by atoms with Gasteiger partial charge in [-0.3, -0.25) is 14.3 Å². The van der Waals surface area contributed by atoms with Crippen molar-refractivity contribution >= 4 is 17.7 Å². The maximum absolute atomic E-state index is 12.9. The first kappa shape index (κ1) is 22.3. The van der Waals surface area contributed by atoms with Crippen LogP contribution >= 0.6 is 11.8 Å². The van der Waals surface area contributed by atoms with E-state index < -0.39 is 0 Å². The van der Waals surface area contributed by atoms with Crippen molar-refractivity contribution in [3.05, 3.63) is 90.8 Å². The molecule has 0 bridgehead atoms. The van der Waals surface area contributed by atoms with Crippen molar-refractivity contribution in [1.29, 1.82) is 0 Å². The van der Waals surface area contributed by atoms with Crippen LogP contribution in [0, 0.1) is 0 Å². The minimum absolute atomic E-state index is 0.0118. The average molecular weight is 470 g/mol. The third-order valence-electron chi connectivity index (χ3n) is 6.47. The second-order valence-corrected chi connectivity index (χ2v) is 9.58. The van der Waals surface area contributed by atoms with Crippen LogP contribution in [0.15, 0.2) is 90.3 Å². The van der Waals surface area contributed by atoms with Gasteiger partial charge in [0, 0.05) is 35.6 Å². The Bertz CT molecular complexity index is 1220. The molecule has 4 aromatic rings. The summed E-state index contributed by atoms with van der Waals surface area (Å²) in [5.74, 6) is 0.997. The first-order valence-electron chi connectivity index (χ1n) is 11.6. The molecular formula is C27H27N5OS. The van der Waals surface area contributed by atoms with Crippen LogP contribution in [0.4, 0.5) is 0 Å². The quantitative estimate of drug-likeness (QED) is 0.366. The fourth-order valence-electron chi connectivity index (χ4n) is 4.72. The lowest BCUT2D eigenvalue weighted by Gasteiger charge is -2.30. The molecule has 34 heavy (non-hydrogen) atoms. The number of thioether (sulfide) groups is 1. The van der Waals surface area contributed by atoms with Crippen molar-refractivity contribution in [3.8, 4) is 17.1 Å². The second kappa shape index (κ2) is 10.2. The van der Waals surface area contributed by atoms with Crippen LogP contribution in [0.5, 0.6) is 0 Å². The Labute approximate surface area is 203 Å². The average Bonchev–Trinajstić information content (AvgIpc) is 3.56. The lowest BCUT2D eigenvalue weighted by Crippen LogP contribution is -2.39. The number of carbonyl (C=O) groups is 1. The third kappa shape index (κ3) is 4.75. The van der Waals surface area contributed by atoms with Gasteiger partial charge in [0.25, 0.3) is 0 Å². The van der Waals surface area contributed by atoms with E-state index in [1.165, 1.54) is 30.2 Å². The van der Waals surface area contributed by atoms with Crippen molar-refractivity contribution in [3.63, 3.8) is 0 Å². The number of benzene rings is 2. The van der Waals surface area contributed by atoms with E-state index in [-0.39, 0.29) is 17.1 Å². The summed E-state index contributed by atoms with van der Waals surface area (Å²) in [5, 5.41) is 12.7. The van der Waals surface area contributed by atoms with Gasteiger partial charge in [-0.25, -0.2) is 0 Å². The minimum Gasteiger partial charge on any atom is -0.354 e. The number of para-hydroxylation sites is 1. The SMILES string of the molecule is O=C(CSc1nnc(-c2cccnc2)n1-c1ccccc1)NCC1(c2ccccc2)CCCC1. The van der Waals surface area contributed by atoms with Crippen molar-refractivity contribution in [1.82, 2.24) is 25.1 Å². The van der Waals surface area contributed by atoms with Gasteiger partial charge >= 0.3 is 0 Å². The molecule has 7 heteroatoms. The molecule has 0 atom stereocenters. The number of hydrogen-bond donors (Lipinski definition) is 1. The zero-order chi connectivity index (χ0) is 23.2. The minimum atomic E-state index is 0.0118. The van der Waals surface area contributed by atoms with Crippen LogP contribution in [0.1, 0.15) is 31.2 Å². The molecule has 0 saturated heterocycles. The number of aromatic nitrogens is 4. The molecule has 2 aromatic carbocycles. The Kier molecular flexibility index (Phi) is 6.72. The molecule has 5 rings (SSSR count). The largest absolute Gasteiger partial charge is 0.354 e. The van der Waals surface area contributed by atoms with Crippen molar-refractivity contribution in [2.45, 2.75) is 36.3 Å². The van der Waals surface area contributed by atoms with Crippen LogP contribution < -0.4 is 5.32 Å². The van der Waals surface area contributed by atoms with Gasteiger partial charge in [-0.2, -0.15) is 0 Å². The zero-order valence-electron chi connectivity index (χ0n) is 18.9. The molecule has 0 aliphatic heterocycles. The molecule has 0 radical (unpaired) electrons. The molecule has 1 aliphatic carbocycles. The van der Waals surface area contributed by atoms with Crippen LogP contribution in [-0.2, 0) is 10.2 Å². The highest BCUT2D eigenvalue weighted by Gasteiger charge is 2.35. The molecule has 2 aromatic heterocycles. The maximum Gasteiger partial charge on any atom is 0.230 e. The van der Waals surface area contributed by atoms with Crippen molar-refractivity contribution in [2.75, 3.05) is 12.3 Å². The van der Waals surface area contributed by atoms with Crippen molar-refractivity contribution in [2.24, 2.45) is 0 Å². The number of hydrogen-bond acceptors (Lipinski definition) is 5. The van der Waals surface area contributed by atoms with E-state index in [1.807, 2.05) is 53.1 Å². The Morgan fingerprint density at radius 1 is 0.941 bits per heavy atom. The Hall–Kier alpha value is -3.45. The Morgan fingerprint density at radius 2 is 1.68 bits per heavy atom. The lowest BCUT2D eigenvalue weighted by molar-refractivity contribution is -0.118. The van der Waals surface area contributed by atoms with E-state index in [2.05, 4.69) is 44.8 Å². The molecule has 1 amide bonds. The van der Waals surface area contributed by atoms with Gasteiger partial charge < -0.3 is 5.32 Å². The molecular weight excluding hydrogens is 442 g/mol. The van der Waals surface area contributed by atoms with E-state index in [9.17, 15) is 4.79 Å². The van der Waals surface area contributed by atoms with E-state index in [0.29, 0.717) is 17.5 Å². The standard InChI is InChI=1S/C27H27N5OS/c33-24(29-20-27(15-7-8-16-27)22-11-3-1-4-12-22)19-34-26-31-30-25(21-10-9-17-28-18-21)32(26)23-13-5-2-6-14-23/h1-6,9-14,17-18H,7-8,15-16,19-20H2,(H,29,33). The molecule has 1 fully saturated rings. The number of nitrogens with one attached hydrogen (secondary N) is 1. The highest BCUT2D eigenvalue weighted by Crippen LogP contribution is 2.40. The summed E-state index contributed by atoms with van der Waals surface area (Å²) >= 11 is 1.40. The van der Waals surface area contributed by atoms with E-state index in [0.717, 1.165) is 24.1 Å². The predicted octanol–water partition coefficient (Wildman–Crippen LogP) is 5.05. The smallest absolute Gasteiger partial charge is 0.230 e. The van der Waals surface area contributed by atoms with Gasteiger partial charge in [0.05, 0.1) is 5.75 Å². The summed E-state index contributed by atoms with van der Waals surface area (Å²) in [6.45, 7) is 0.669. The second-order valence-electron chi connectivity index (χ2n) is 8.64. The number of nitrogens with zero attached hydrogens (tertiary/aromatic N) is 4. The van der Waals surface area contributed by atoms with Crippen LogP contribution in [0.2, 0.25) is 0 Å². The van der Waals surface area contributed by atoms with E-state index in [4.69, 9.17) is 0 Å². The summed E-state index contributed by atoms with van der Waals surface area (Å²) in [5.41, 5.74) is 3.19. The number of carbonyl (C=O) groups excluding carboxylic acids is 1. The summed E-state index contributed by atoms with van der Waals surface area (Å²) in [6.07, 6.45) is 8.14. The molecule has 1 N–H and O–H groups in total. The highest BCUT2D eigenvalue weighted by molar-refractivity contribution is 7.99. The molecule has 1 saturated carbocycles. The molecule has 6 nitrogen and oxygen atoms in total. The van der Waals surface area contributed by atoms with Gasteiger partial charge in [0.15, 0.2) is 11.0 Å². The topological polar surface area (TPSA) is 72.7 Å². The highest BCUT2D eigenvalue weighted by atomic mass is 32.2. The number of rotatable bonds is 8. The zero-order valence-corrected chi connectivity index (χ0v) is 19.7. The molecule has 1 aliphatic rings. The van der Waals surface area contributed by atoms with Crippen LogP contribution in [0.25, 0.3) is 17.1 Å². The monoisotopic (exact) mass is 469 g/mol. The molecule has 2 heterocycles. The maximum atomic E-state index is 12.9. The fraction of sp³-hybridized carbons (Fsp3) is 0.259. The summed E-state index contributed by atoms with van der Waals surface area (Å²) < 4.78 is 1.98.